The van der Waals surface area contributed by atoms with Gasteiger partial charge in [0.2, 0.25) is 0 Å². The van der Waals surface area contributed by atoms with Gasteiger partial charge in [-0.3, -0.25) is 4.98 Å². The third-order valence-electron chi connectivity index (χ3n) is 6.36. The third kappa shape index (κ3) is 6.66. The van der Waals surface area contributed by atoms with E-state index in [2.05, 4.69) is 59.0 Å². The normalized spacial score (nSPS) is 16.3. The average Bonchev–Trinajstić information content (AvgIpc) is 2.80. The SMILES string of the molecule is COCCOc1ccc(N(Cc2cnccc2C)C2CCN([C@H](C)CCN)CC2)cc1. The van der Waals surface area contributed by atoms with Gasteiger partial charge >= 0.3 is 0 Å². The maximum absolute atomic E-state index is 5.78. The summed E-state index contributed by atoms with van der Waals surface area (Å²) in [4.78, 5) is 9.51. The van der Waals surface area contributed by atoms with E-state index >= 15 is 0 Å². The first-order chi connectivity index (χ1) is 15.1. The Labute approximate surface area is 187 Å². The molecule has 2 N–H and O–H groups in total. The van der Waals surface area contributed by atoms with Gasteiger partial charge in [-0.15, -0.1) is 0 Å². The number of nitrogens with zero attached hydrogens (tertiary/aromatic N) is 3. The molecule has 1 atom stereocenters. The second-order valence-corrected chi connectivity index (χ2v) is 8.46. The fraction of sp³-hybridized carbons (Fsp3) is 0.560. The fourth-order valence-electron chi connectivity index (χ4n) is 4.32. The number of nitrogens with two attached hydrogens (primary N) is 1. The highest BCUT2D eigenvalue weighted by atomic mass is 16.5. The lowest BCUT2D eigenvalue weighted by molar-refractivity contribution is 0.146. The average molecular weight is 427 g/mol. The van der Waals surface area contributed by atoms with Crippen LogP contribution in [0, 0.1) is 6.92 Å². The molecule has 1 aliphatic rings. The largest absolute Gasteiger partial charge is 0.491 e. The number of likely N-dealkylation sites (tertiary alicyclic amines) is 1. The molecule has 31 heavy (non-hydrogen) atoms. The summed E-state index contributed by atoms with van der Waals surface area (Å²) >= 11 is 0. The van der Waals surface area contributed by atoms with E-state index in [-0.39, 0.29) is 0 Å². The lowest BCUT2D eigenvalue weighted by Crippen LogP contribution is -2.47. The van der Waals surface area contributed by atoms with Crippen molar-refractivity contribution in [3.63, 3.8) is 0 Å². The standard InChI is InChI=1S/C25H38N4O2/c1-20-9-13-27-18-22(20)19-29(23-4-6-25(7-5-23)31-17-16-30-3)24-10-14-28(15-11-24)21(2)8-12-26/h4-7,9,13,18,21,24H,8,10-12,14-17,19,26H2,1-3H3/t21-/m1/s1. The first-order valence-corrected chi connectivity index (χ1v) is 11.4. The molecule has 6 nitrogen and oxygen atoms in total. The molecule has 1 fully saturated rings. The molecule has 0 unspecified atom stereocenters. The third-order valence-corrected chi connectivity index (χ3v) is 6.36. The van der Waals surface area contributed by atoms with Gasteiger partial charge in [0, 0.05) is 56.9 Å². The number of anilines is 1. The first-order valence-electron chi connectivity index (χ1n) is 11.4. The molecule has 1 saturated heterocycles. The Morgan fingerprint density at radius 3 is 2.55 bits per heavy atom. The molecule has 6 heteroatoms. The summed E-state index contributed by atoms with van der Waals surface area (Å²) in [7, 11) is 1.69. The predicted molar refractivity (Wildman–Crippen MR) is 127 cm³/mol. The number of methoxy groups -OCH3 is 1. The zero-order valence-corrected chi connectivity index (χ0v) is 19.3. The zero-order valence-electron chi connectivity index (χ0n) is 19.3. The number of piperidine rings is 1. The minimum atomic E-state index is 0.501. The Hall–Kier alpha value is -2.15. The molecule has 2 heterocycles. The second-order valence-electron chi connectivity index (χ2n) is 8.46. The van der Waals surface area contributed by atoms with Gasteiger partial charge in [-0.05, 0) is 81.1 Å². The van der Waals surface area contributed by atoms with Crippen LogP contribution >= 0.6 is 0 Å². The van der Waals surface area contributed by atoms with Crippen LogP contribution in [0.15, 0.2) is 42.7 Å². The van der Waals surface area contributed by atoms with Gasteiger partial charge in [0.25, 0.3) is 0 Å². The maximum atomic E-state index is 5.78. The maximum Gasteiger partial charge on any atom is 0.119 e. The Kier molecular flexibility index (Phi) is 9.13. The summed E-state index contributed by atoms with van der Waals surface area (Å²) < 4.78 is 10.8. The van der Waals surface area contributed by atoms with Crippen LogP contribution in [0.3, 0.4) is 0 Å². The van der Waals surface area contributed by atoms with Crippen LogP contribution in [0.1, 0.15) is 37.3 Å². The van der Waals surface area contributed by atoms with Crippen LogP contribution in [0.2, 0.25) is 0 Å². The predicted octanol–water partition coefficient (Wildman–Crippen LogP) is 3.62. The highest BCUT2D eigenvalue weighted by molar-refractivity contribution is 5.51. The highest BCUT2D eigenvalue weighted by Gasteiger charge is 2.27. The molecule has 0 bridgehead atoms. The van der Waals surface area contributed by atoms with E-state index in [1.807, 2.05) is 12.4 Å². The number of aromatic nitrogens is 1. The van der Waals surface area contributed by atoms with Crippen molar-refractivity contribution >= 4 is 5.69 Å². The van der Waals surface area contributed by atoms with Crippen molar-refractivity contribution < 1.29 is 9.47 Å². The van der Waals surface area contributed by atoms with Crippen LogP contribution in [0.5, 0.6) is 5.75 Å². The monoisotopic (exact) mass is 426 g/mol. The zero-order chi connectivity index (χ0) is 22.1. The van der Waals surface area contributed by atoms with E-state index in [9.17, 15) is 0 Å². The number of aryl methyl sites for hydroxylation is 1. The Morgan fingerprint density at radius 1 is 1.16 bits per heavy atom. The Bertz CT molecular complexity index is 775. The van der Waals surface area contributed by atoms with Gasteiger partial charge in [-0.2, -0.15) is 0 Å². The molecule has 0 spiro atoms. The minimum Gasteiger partial charge on any atom is -0.491 e. The van der Waals surface area contributed by atoms with E-state index in [1.165, 1.54) is 16.8 Å². The van der Waals surface area contributed by atoms with E-state index in [4.69, 9.17) is 15.2 Å². The second kappa shape index (κ2) is 12.0. The Morgan fingerprint density at radius 2 is 1.90 bits per heavy atom. The van der Waals surface area contributed by atoms with Crippen molar-refractivity contribution in [3.05, 3.63) is 53.9 Å². The van der Waals surface area contributed by atoms with Crippen LogP contribution in [-0.4, -0.2) is 61.9 Å². The lowest BCUT2D eigenvalue weighted by Gasteiger charge is -2.42. The van der Waals surface area contributed by atoms with Gasteiger partial charge in [-0.25, -0.2) is 0 Å². The quantitative estimate of drug-likeness (QED) is 0.554. The summed E-state index contributed by atoms with van der Waals surface area (Å²) in [6, 6.07) is 11.6. The van der Waals surface area contributed by atoms with Crippen LogP contribution < -0.4 is 15.4 Å². The summed E-state index contributed by atoms with van der Waals surface area (Å²) in [6.07, 6.45) is 7.24. The number of hydrogen-bond donors (Lipinski definition) is 1. The Balaban J connectivity index is 1.73. The summed E-state index contributed by atoms with van der Waals surface area (Å²) in [5.41, 5.74) is 9.58. The topological polar surface area (TPSA) is 63.9 Å². The number of benzene rings is 1. The molecule has 0 saturated carbocycles. The highest BCUT2D eigenvalue weighted by Crippen LogP contribution is 2.29. The minimum absolute atomic E-state index is 0.501. The molecule has 2 aromatic rings. The molecule has 1 aromatic heterocycles. The van der Waals surface area contributed by atoms with Crippen molar-refractivity contribution in [2.24, 2.45) is 5.73 Å². The van der Waals surface area contributed by atoms with Crippen molar-refractivity contribution in [1.29, 1.82) is 0 Å². The van der Waals surface area contributed by atoms with E-state index < -0.39 is 0 Å². The van der Waals surface area contributed by atoms with Crippen molar-refractivity contribution in [2.75, 3.05) is 44.9 Å². The number of hydrogen-bond acceptors (Lipinski definition) is 6. The van der Waals surface area contributed by atoms with Crippen LogP contribution in [0.25, 0.3) is 0 Å². The number of pyridine rings is 1. The molecule has 1 aromatic carbocycles. The van der Waals surface area contributed by atoms with Crippen molar-refractivity contribution in [1.82, 2.24) is 9.88 Å². The summed E-state index contributed by atoms with van der Waals surface area (Å²) in [5.74, 6) is 0.878. The van der Waals surface area contributed by atoms with Gasteiger partial charge in [0.15, 0.2) is 0 Å². The van der Waals surface area contributed by atoms with Gasteiger partial charge in [0.05, 0.1) is 6.61 Å². The molecule has 0 amide bonds. The first kappa shape index (κ1) is 23.5. The van der Waals surface area contributed by atoms with E-state index in [1.54, 1.807) is 7.11 Å². The molecule has 170 valence electrons. The molecule has 1 aliphatic heterocycles. The van der Waals surface area contributed by atoms with Gasteiger partial charge in [0.1, 0.15) is 12.4 Å². The van der Waals surface area contributed by atoms with Crippen LogP contribution in [0.4, 0.5) is 5.69 Å². The summed E-state index contributed by atoms with van der Waals surface area (Å²) in [6.45, 7) is 9.48. The summed E-state index contributed by atoms with van der Waals surface area (Å²) in [5, 5.41) is 0. The molecule has 0 radical (unpaired) electrons. The smallest absolute Gasteiger partial charge is 0.119 e. The van der Waals surface area contributed by atoms with E-state index in [0.717, 1.165) is 51.2 Å². The van der Waals surface area contributed by atoms with Crippen LogP contribution in [-0.2, 0) is 11.3 Å². The molecular formula is C25H38N4O2. The van der Waals surface area contributed by atoms with Crippen molar-refractivity contribution in [3.8, 4) is 5.75 Å². The molecular weight excluding hydrogens is 388 g/mol. The van der Waals surface area contributed by atoms with Gasteiger partial charge < -0.3 is 25.0 Å². The van der Waals surface area contributed by atoms with Gasteiger partial charge in [-0.1, -0.05) is 0 Å². The molecule has 3 rings (SSSR count). The number of ether oxygens (including phenoxy) is 2. The lowest BCUT2D eigenvalue weighted by atomic mass is 9.99. The molecule has 0 aliphatic carbocycles. The van der Waals surface area contributed by atoms with E-state index in [0.29, 0.717) is 25.3 Å². The number of rotatable bonds is 11. The van der Waals surface area contributed by atoms with Crippen molar-refractivity contribution in [2.45, 2.75) is 51.7 Å². The fourth-order valence-corrected chi connectivity index (χ4v) is 4.32.